The molecular formula is C11H20N2O2. The van der Waals surface area contributed by atoms with E-state index >= 15 is 0 Å². The van der Waals surface area contributed by atoms with Crippen molar-refractivity contribution in [2.24, 2.45) is 5.92 Å². The highest BCUT2D eigenvalue weighted by Crippen LogP contribution is 2.30. The van der Waals surface area contributed by atoms with Crippen LogP contribution in [0.1, 0.15) is 19.3 Å². The Morgan fingerprint density at radius 2 is 2.07 bits per heavy atom. The number of esters is 1. The zero-order valence-corrected chi connectivity index (χ0v) is 9.37. The van der Waals surface area contributed by atoms with Crippen LogP contribution in [0.25, 0.3) is 0 Å². The quantitative estimate of drug-likeness (QED) is 0.665. The van der Waals surface area contributed by atoms with Crippen LogP contribution in [0.15, 0.2) is 0 Å². The fraction of sp³-hybridized carbons (Fsp3) is 0.909. The number of nitrogens with zero attached hydrogens (tertiary/aromatic N) is 1. The van der Waals surface area contributed by atoms with Gasteiger partial charge in [-0.05, 0) is 12.8 Å². The van der Waals surface area contributed by atoms with Crippen LogP contribution in [0, 0.1) is 5.92 Å². The van der Waals surface area contributed by atoms with Gasteiger partial charge in [0.15, 0.2) is 0 Å². The molecule has 4 nitrogen and oxygen atoms in total. The van der Waals surface area contributed by atoms with Gasteiger partial charge in [0.1, 0.15) is 0 Å². The molecule has 1 saturated carbocycles. The Balaban J connectivity index is 1.97. The van der Waals surface area contributed by atoms with Crippen LogP contribution in [-0.4, -0.2) is 50.2 Å². The van der Waals surface area contributed by atoms with Crippen LogP contribution >= 0.6 is 0 Å². The van der Waals surface area contributed by atoms with Gasteiger partial charge in [0, 0.05) is 32.2 Å². The number of carbonyl (C=O) groups is 1. The first kappa shape index (κ1) is 10.9. The van der Waals surface area contributed by atoms with Crippen molar-refractivity contribution in [2.45, 2.75) is 25.3 Å². The van der Waals surface area contributed by atoms with E-state index in [1.165, 1.54) is 7.11 Å². The van der Waals surface area contributed by atoms with E-state index in [4.69, 9.17) is 4.74 Å². The van der Waals surface area contributed by atoms with Crippen LogP contribution < -0.4 is 5.32 Å². The van der Waals surface area contributed by atoms with Crippen molar-refractivity contribution in [1.29, 1.82) is 0 Å². The number of rotatable bonds is 2. The fourth-order valence-electron chi connectivity index (χ4n) is 2.82. The molecule has 0 aromatic heterocycles. The van der Waals surface area contributed by atoms with Crippen LogP contribution in [0.3, 0.4) is 0 Å². The molecule has 0 radical (unpaired) electrons. The molecule has 4 heteroatoms. The summed E-state index contributed by atoms with van der Waals surface area (Å²) in [6, 6.07) is 0.430. The average Bonchev–Trinajstić information content (AvgIpc) is 2.78. The maximum absolute atomic E-state index is 11.6. The molecule has 0 spiro atoms. The van der Waals surface area contributed by atoms with E-state index in [9.17, 15) is 4.79 Å². The number of carbonyl (C=O) groups excluding carboxylic acids is 1. The topological polar surface area (TPSA) is 41.6 Å². The van der Waals surface area contributed by atoms with Gasteiger partial charge in [0.25, 0.3) is 0 Å². The Labute approximate surface area is 91.0 Å². The maximum Gasteiger partial charge on any atom is 0.310 e. The largest absolute Gasteiger partial charge is 0.469 e. The normalized spacial score (nSPS) is 32.9. The Bertz CT molecular complexity index is 227. The summed E-state index contributed by atoms with van der Waals surface area (Å²) in [6.45, 7) is 4.23. The van der Waals surface area contributed by atoms with Crippen molar-refractivity contribution in [3.05, 3.63) is 0 Å². The summed E-state index contributed by atoms with van der Waals surface area (Å²) in [7, 11) is 1.50. The Kier molecular flexibility index (Phi) is 3.59. The third-order valence-corrected chi connectivity index (χ3v) is 3.60. The number of piperazine rings is 1. The highest BCUT2D eigenvalue weighted by atomic mass is 16.5. The molecule has 0 bridgehead atoms. The van der Waals surface area contributed by atoms with E-state index < -0.39 is 0 Å². The van der Waals surface area contributed by atoms with Gasteiger partial charge in [-0.3, -0.25) is 9.69 Å². The second-order valence-electron chi connectivity index (χ2n) is 4.41. The van der Waals surface area contributed by atoms with Crippen molar-refractivity contribution < 1.29 is 9.53 Å². The summed E-state index contributed by atoms with van der Waals surface area (Å²) < 4.78 is 4.87. The first-order valence-electron chi connectivity index (χ1n) is 5.85. The summed E-state index contributed by atoms with van der Waals surface area (Å²) in [5.74, 6) is 0.101. The van der Waals surface area contributed by atoms with Gasteiger partial charge in [0.05, 0.1) is 13.0 Å². The first-order chi connectivity index (χ1) is 7.33. The zero-order valence-electron chi connectivity index (χ0n) is 9.37. The van der Waals surface area contributed by atoms with Crippen molar-refractivity contribution in [3.63, 3.8) is 0 Å². The van der Waals surface area contributed by atoms with Gasteiger partial charge in [-0.25, -0.2) is 0 Å². The van der Waals surface area contributed by atoms with E-state index in [1.807, 2.05) is 0 Å². The summed E-state index contributed by atoms with van der Waals surface area (Å²) >= 11 is 0. The molecule has 2 aliphatic rings. The maximum atomic E-state index is 11.6. The van der Waals surface area contributed by atoms with Gasteiger partial charge in [-0.15, -0.1) is 0 Å². The molecular weight excluding hydrogens is 192 g/mol. The SMILES string of the molecule is COC(=O)C1CCCC1N1CCNCC1. The zero-order chi connectivity index (χ0) is 10.7. The predicted molar refractivity (Wildman–Crippen MR) is 57.6 cm³/mol. The lowest BCUT2D eigenvalue weighted by atomic mass is 10.0. The average molecular weight is 212 g/mol. The smallest absolute Gasteiger partial charge is 0.310 e. The molecule has 2 atom stereocenters. The summed E-state index contributed by atoms with van der Waals surface area (Å²) in [6.07, 6.45) is 3.31. The summed E-state index contributed by atoms with van der Waals surface area (Å²) in [4.78, 5) is 14.1. The minimum Gasteiger partial charge on any atom is -0.469 e. The van der Waals surface area contributed by atoms with Crippen LogP contribution in [0.2, 0.25) is 0 Å². The van der Waals surface area contributed by atoms with Gasteiger partial charge in [0.2, 0.25) is 0 Å². The van der Waals surface area contributed by atoms with Gasteiger partial charge in [-0.1, -0.05) is 6.42 Å². The second-order valence-corrected chi connectivity index (χ2v) is 4.41. The van der Waals surface area contributed by atoms with Crippen LogP contribution in [0.5, 0.6) is 0 Å². The van der Waals surface area contributed by atoms with Crippen LogP contribution in [-0.2, 0) is 9.53 Å². The molecule has 2 unspecified atom stereocenters. The summed E-state index contributed by atoms with van der Waals surface area (Å²) in [5, 5.41) is 3.34. The number of hydrogen-bond acceptors (Lipinski definition) is 4. The Morgan fingerprint density at radius 1 is 1.33 bits per heavy atom. The monoisotopic (exact) mass is 212 g/mol. The third kappa shape index (κ3) is 2.32. The Morgan fingerprint density at radius 3 is 2.73 bits per heavy atom. The molecule has 2 rings (SSSR count). The number of hydrogen-bond donors (Lipinski definition) is 1. The number of nitrogens with one attached hydrogen (secondary N) is 1. The molecule has 0 amide bonds. The van der Waals surface area contributed by atoms with Crippen molar-refractivity contribution in [3.8, 4) is 0 Å². The van der Waals surface area contributed by atoms with Gasteiger partial charge < -0.3 is 10.1 Å². The minimum absolute atomic E-state index is 0.0176. The van der Waals surface area contributed by atoms with Crippen molar-refractivity contribution in [2.75, 3.05) is 33.3 Å². The summed E-state index contributed by atoms with van der Waals surface area (Å²) in [5.41, 5.74) is 0. The fourth-order valence-corrected chi connectivity index (χ4v) is 2.82. The molecule has 86 valence electrons. The van der Waals surface area contributed by atoms with E-state index in [-0.39, 0.29) is 11.9 Å². The van der Waals surface area contributed by atoms with E-state index in [0.29, 0.717) is 6.04 Å². The molecule has 1 saturated heterocycles. The molecule has 0 aromatic rings. The standard InChI is InChI=1S/C11H20N2O2/c1-15-11(14)9-3-2-4-10(9)13-7-5-12-6-8-13/h9-10,12H,2-8H2,1H3. The highest BCUT2D eigenvalue weighted by Gasteiger charge is 2.37. The van der Waals surface area contributed by atoms with E-state index in [0.717, 1.165) is 45.4 Å². The number of methoxy groups -OCH3 is 1. The van der Waals surface area contributed by atoms with Crippen LogP contribution in [0.4, 0.5) is 0 Å². The lowest BCUT2D eigenvalue weighted by molar-refractivity contribution is -0.147. The molecule has 0 aromatic carbocycles. The van der Waals surface area contributed by atoms with Crippen molar-refractivity contribution in [1.82, 2.24) is 10.2 Å². The highest BCUT2D eigenvalue weighted by molar-refractivity contribution is 5.73. The van der Waals surface area contributed by atoms with Crippen molar-refractivity contribution >= 4 is 5.97 Å². The molecule has 1 N–H and O–H groups in total. The molecule has 2 fully saturated rings. The predicted octanol–water partition coefficient (Wildman–Crippen LogP) is 0.233. The van der Waals surface area contributed by atoms with E-state index in [2.05, 4.69) is 10.2 Å². The third-order valence-electron chi connectivity index (χ3n) is 3.60. The van der Waals surface area contributed by atoms with Gasteiger partial charge in [-0.2, -0.15) is 0 Å². The molecule has 1 heterocycles. The number of ether oxygens (including phenoxy) is 1. The lowest BCUT2D eigenvalue weighted by Gasteiger charge is -2.35. The molecule has 15 heavy (non-hydrogen) atoms. The second kappa shape index (κ2) is 4.94. The lowest BCUT2D eigenvalue weighted by Crippen LogP contribution is -2.50. The Hall–Kier alpha value is -0.610. The molecule has 1 aliphatic heterocycles. The minimum atomic E-state index is -0.0176. The molecule has 1 aliphatic carbocycles. The van der Waals surface area contributed by atoms with E-state index in [1.54, 1.807) is 0 Å². The van der Waals surface area contributed by atoms with Gasteiger partial charge >= 0.3 is 5.97 Å². The first-order valence-corrected chi connectivity index (χ1v) is 5.85.